The predicted octanol–water partition coefficient (Wildman–Crippen LogP) is 4.62. The number of hydrogen-bond acceptors (Lipinski definition) is 3. The molecule has 5 nitrogen and oxygen atoms in total. The molecule has 0 aliphatic rings. The molecular formula is C19H20ClN3O2. The normalized spacial score (nSPS) is 12.2. The number of carbonyl (C=O) groups is 1. The number of hydrogen-bond donors (Lipinski definition) is 1. The van der Waals surface area contributed by atoms with E-state index in [1.54, 1.807) is 22.9 Å². The number of carbonyl (C=O) groups excluding carboxylic acids is 1. The van der Waals surface area contributed by atoms with Crippen LogP contribution in [0.25, 0.3) is 17.1 Å². The van der Waals surface area contributed by atoms with Crippen LogP contribution in [0.3, 0.4) is 0 Å². The molecule has 1 aromatic carbocycles. The fraction of sp³-hybridized carbons (Fsp3) is 0.263. The summed E-state index contributed by atoms with van der Waals surface area (Å²) in [6.45, 7) is 5.86. The van der Waals surface area contributed by atoms with E-state index >= 15 is 0 Å². The van der Waals surface area contributed by atoms with Gasteiger partial charge in [-0.3, -0.25) is 4.79 Å². The highest BCUT2D eigenvalue weighted by molar-refractivity contribution is 6.30. The highest BCUT2D eigenvalue weighted by Gasteiger charge is 2.20. The van der Waals surface area contributed by atoms with E-state index in [1.165, 1.54) is 0 Å². The molecule has 1 atom stereocenters. The molecule has 0 unspecified atom stereocenters. The summed E-state index contributed by atoms with van der Waals surface area (Å²) in [4.78, 5) is 12.7. The van der Waals surface area contributed by atoms with Crippen molar-refractivity contribution in [2.45, 2.75) is 33.2 Å². The molecule has 2 aromatic heterocycles. The van der Waals surface area contributed by atoms with Crippen LogP contribution in [-0.4, -0.2) is 21.7 Å². The van der Waals surface area contributed by atoms with Gasteiger partial charge in [0.05, 0.1) is 5.69 Å². The van der Waals surface area contributed by atoms with Crippen LogP contribution in [0.4, 0.5) is 0 Å². The molecular weight excluding hydrogens is 338 g/mol. The first-order valence-electron chi connectivity index (χ1n) is 8.21. The maximum absolute atomic E-state index is 12.7. The molecule has 6 heteroatoms. The van der Waals surface area contributed by atoms with E-state index in [9.17, 15) is 4.79 Å². The summed E-state index contributed by atoms with van der Waals surface area (Å²) < 4.78 is 7.24. The van der Waals surface area contributed by atoms with Crippen molar-refractivity contribution in [3.63, 3.8) is 0 Å². The monoisotopic (exact) mass is 357 g/mol. The summed E-state index contributed by atoms with van der Waals surface area (Å²) in [6, 6.07) is 12.8. The number of halogens is 1. The van der Waals surface area contributed by atoms with Crippen LogP contribution in [0.2, 0.25) is 5.02 Å². The number of aryl methyl sites for hydroxylation is 1. The second-order valence-electron chi connectivity index (χ2n) is 6.00. The smallest absolute Gasteiger partial charge is 0.270 e. The van der Waals surface area contributed by atoms with Gasteiger partial charge in [-0.2, -0.15) is 5.10 Å². The maximum Gasteiger partial charge on any atom is 0.270 e. The Bertz CT molecular complexity index is 898. The Morgan fingerprint density at radius 3 is 2.76 bits per heavy atom. The van der Waals surface area contributed by atoms with E-state index in [2.05, 4.69) is 10.4 Å². The fourth-order valence-corrected chi connectivity index (χ4v) is 2.62. The molecule has 0 aliphatic carbocycles. The molecule has 0 fully saturated rings. The van der Waals surface area contributed by atoms with Gasteiger partial charge in [0.25, 0.3) is 5.91 Å². The van der Waals surface area contributed by atoms with Gasteiger partial charge >= 0.3 is 0 Å². The molecule has 0 radical (unpaired) electrons. The second kappa shape index (κ2) is 7.15. The minimum absolute atomic E-state index is 0.0736. The Hall–Kier alpha value is -2.53. The average Bonchev–Trinajstić information content (AvgIpc) is 3.21. The lowest BCUT2D eigenvalue weighted by Crippen LogP contribution is -2.33. The number of aromatic nitrogens is 2. The van der Waals surface area contributed by atoms with Gasteiger partial charge in [-0.25, -0.2) is 4.68 Å². The molecule has 2 heterocycles. The predicted molar refractivity (Wildman–Crippen MR) is 98.2 cm³/mol. The summed E-state index contributed by atoms with van der Waals surface area (Å²) >= 11 is 6.10. The van der Waals surface area contributed by atoms with E-state index in [-0.39, 0.29) is 11.9 Å². The van der Waals surface area contributed by atoms with Crippen LogP contribution in [0.5, 0.6) is 0 Å². The molecule has 1 N–H and O–H groups in total. The number of nitrogens with zero attached hydrogens (tertiary/aromatic N) is 2. The van der Waals surface area contributed by atoms with Crippen LogP contribution in [0.1, 0.15) is 36.5 Å². The number of nitrogens with one attached hydrogen (secondary N) is 1. The molecule has 3 aromatic rings. The molecule has 0 bridgehead atoms. The van der Waals surface area contributed by atoms with Crippen LogP contribution >= 0.6 is 11.6 Å². The summed E-state index contributed by atoms with van der Waals surface area (Å²) in [5, 5.41) is 8.12. The molecule has 3 rings (SSSR count). The zero-order chi connectivity index (χ0) is 18.0. The average molecular weight is 358 g/mol. The van der Waals surface area contributed by atoms with Crippen LogP contribution in [0.15, 0.2) is 46.9 Å². The van der Waals surface area contributed by atoms with Gasteiger partial charge < -0.3 is 9.73 Å². The lowest BCUT2D eigenvalue weighted by molar-refractivity contribution is 0.0931. The minimum Gasteiger partial charge on any atom is -0.460 e. The Labute approximate surface area is 151 Å². The van der Waals surface area contributed by atoms with Gasteiger partial charge in [-0.05, 0) is 50.6 Å². The van der Waals surface area contributed by atoms with Gasteiger partial charge in [0, 0.05) is 17.1 Å². The number of rotatable bonds is 5. The van der Waals surface area contributed by atoms with Crippen LogP contribution < -0.4 is 5.32 Å². The molecule has 1 amide bonds. The third kappa shape index (κ3) is 3.77. The van der Waals surface area contributed by atoms with E-state index in [0.29, 0.717) is 22.2 Å². The molecule has 0 aliphatic heterocycles. The molecule has 0 saturated heterocycles. The van der Waals surface area contributed by atoms with Crippen LogP contribution in [0, 0.1) is 6.92 Å². The van der Waals surface area contributed by atoms with Gasteiger partial charge in [0.1, 0.15) is 17.1 Å². The van der Waals surface area contributed by atoms with Gasteiger partial charge in [-0.15, -0.1) is 0 Å². The number of benzene rings is 1. The number of furan rings is 1. The topological polar surface area (TPSA) is 60.1 Å². The lowest BCUT2D eigenvalue weighted by atomic mass is 10.2. The third-order valence-electron chi connectivity index (χ3n) is 3.98. The van der Waals surface area contributed by atoms with E-state index < -0.39 is 0 Å². The van der Waals surface area contributed by atoms with Crippen molar-refractivity contribution in [2.75, 3.05) is 0 Å². The van der Waals surface area contributed by atoms with E-state index in [1.807, 2.05) is 45.0 Å². The molecule has 0 saturated carbocycles. The largest absolute Gasteiger partial charge is 0.460 e. The van der Waals surface area contributed by atoms with Crippen LogP contribution in [-0.2, 0) is 0 Å². The lowest BCUT2D eigenvalue weighted by Gasteiger charge is -2.12. The quantitative estimate of drug-likeness (QED) is 0.724. The second-order valence-corrected chi connectivity index (χ2v) is 6.44. The van der Waals surface area contributed by atoms with Crippen molar-refractivity contribution in [2.24, 2.45) is 0 Å². The number of amides is 1. The van der Waals surface area contributed by atoms with E-state index in [4.69, 9.17) is 16.0 Å². The van der Waals surface area contributed by atoms with Gasteiger partial charge in [0.15, 0.2) is 5.76 Å². The minimum atomic E-state index is -0.184. The standard InChI is InChI=1S/C19H20ClN3O2/c1-4-12(2)21-19(24)17-11-16(18-9-8-13(3)25-18)22-23(17)15-7-5-6-14(20)10-15/h5-12H,4H2,1-3H3,(H,21,24)/t12-/m0/s1. The van der Waals surface area contributed by atoms with Crippen molar-refractivity contribution in [3.05, 3.63) is 58.9 Å². The Morgan fingerprint density at radius 1 is 1.32 bits per heavy atom. The zero-order valence-corrected chi connectivity index (χ0v) is 15.2. The van der Waals surface area contributed by atoms with Crippen molar-refractivity contribution >= 4 is 17.5 Å². The Balaban J connectivity index is 2.07. The summed E-state index contributed by atoms with van der Waals surface area (Å²) in [5.41, 5.74) is 1.75. The fourth-order valence-electron chi connectivity index (χ4n) is 2.44. The highest BCUT2D eigenvalue weighted by Crippen LogP contribution is 2.24. The van der Waals surface area contributed by atoms with Crippen molar-refractivity contribution in [3.8, 4) is 17.1 Å². The molecule has 130 valence electrons. The summed E-state index contributed by atoms with van der Waals surface area (Å²) in [7, 11) is 0. The first kappa shape index (κ1) is 17.3. The van der Waals surface area contributed by atoms with Crippen molar-refractivity contribution < 1.29 is 9.21 Å². The zero-order valence-electron chi connectivity index (χ0n) is 14.4. The first-order chi connectivity index (χ1) is 12.0. The third-order valence-corrected chi connectivity index (χ3v) is 4.21. The summed E-state index contributed by atoms with van der Waals surface area (Å²) in [5.74, 6) is 1.23. The molecule has 25 heavy (non-hydrogen) atoms. The van der Waals surface area contributed by atoms with E-state index in [0.717, 1.165) is 17.9 Å². The van der Waals surface area contributed by atoms with Crippen molar-refractivity contribution in [1.29, 1.82) is 0 Å². The van der Waals surface area contributed by atoms with Gasteiger partial charge in [0.2, 0.25) is 0 Å². The summed E-state index contributed by atoms with van der Waals surface area (Å²) in [6.07, 6.45) is 0.848. The Morgan fingerprint density at radius 2 is 2.12 bits per heavy atom. The maximum atomic E-state index is 12.7. The molecule has 0 spiro atoms. The van der Waals surface area contributed by atoms with Crippen molar-refractivity contribution in [1.82, 2.24) is 15.1 Å². The highest BCUT2D eigenvalue weighted by atomic mass is 35.5. The Kier molecular flexibility index (Phi) is 4.95. The van der Waals surface area contributed by atoms with Gasteiger partial charge in [-0.1, -0.05) is 24.6 Å². The SMILES string of the molecule is CC[C@H](C)NC(=O)c1cc(-c2ccc(C)o2)nn1-c1cccc(Cl)c1. The first-order valence-corrected chi connectivity index (χ1v) is 8.59.